The van der Waals surface area contributed by atoms with Crippen molar-refractivity contribution >= 4 is 17.5 Å². The summed E-state index contributed by atoms with van der Waals surface area (Å²) in [6.45, 7) is 0.222. The summed E-state index contributed by atoms with van der Waals surface area (Å²) in [5, 5.41) is 2.38. The van der Waals surface area contributed by atoms with Gasteiger partial charge in [0, 0.05) is 13.1 Å². The van der Waals surface area contributed by atoms with Gasteiger partial charge in [0.05, 0.1) is 23.7 Å². The molecule has 0 bridgehead atoms. The van der Waals surface area contributed by atoms with Crippen molar-refractivity contribution in [2.45, 2.75) is 19.0 Å². The van der Waals surface area contributed by atoms with Crippen LogP contribution in [0, 0.1) is 11.7 Å². The lowest BCUT2D eigenvalue weighted by Crippen LogP contribution is -2.46. The molecule has 1 atom stereocenters. The Morgan fingerprint density at radius 3 is 2.67 bits per heavy atom. The second-order valence-electron chi connectivity index (χ2n) is 5.63. The Hall–Kier alpha value is -2.32. The molecule has 0 aromatic heterocycles. The zero-order valence-electron chi connectivity index (χ0n) is 12.7. The number of piperidine rings is 1. The van der Waals surface area contributed by atoms with Gasteiger partial charge in [0.2, 0.25) is 11.8 Å². The van der Waals surface area contributed by atoms with Gasteiger partial charge in [-0.1, -0.05) is 0 Å². The van der Waals surface area contributed by atoms with E-state index in [4.69, 9.17) is 5.73 Å². The van der Waals surface area contributed by atoms with E-state index >= 15 is 0 Å². The summed E-state index contributed by atoms with van der Waals surface area (Å²) in [4.78, 5) is 24.7. The van der Waals surface area contributed by atoms with Gasteiger partial charge in [0.15, 0.2) is 0 Å². The second kappa shape index (κ2) is 7.06. The molecule has 2 amide bonds. The quantitative estimate of drug-likeness (QED) is 0.818. The maximum Gasteiger partial charge on any atom is 0.416 e. The fourth-order valence-electron chi connectivity index (χ4n) is 2.56. The number of rotatable bonds is 4. The summed E-state index contributed by atoms with van der Waals surface area (Å²) >= 11 is 0. The molecule has 1 aromatic rings. The highest BCUT2D eigenvalue weighted by Gasteiger charge is 2.31. The molecule has 1 fully saturated rings. The minimum absolute atomic E-state index is 0.168. The lowest BCUT2D eigenvalue weighted by Gasteiger charge is -2.31. The van der Waals surface area contributed by atoms with Gasteiger partial charge >= 0.3 is 6.18 Å². The number of nitrogens with two attached hydrogens (primary N) is 1. The fraction of sp³-hybridized carbons (Fsp3) is 0.467. The Morgan fingerprint density at radius 2 is 2.04 bits per heavy atom. The molecular formula is C15H17F4N3O2. The largest absolute Gasteiger partial charge is 0.416 e. The summed E-state index contributed by atoms with van der Waals surface area (Å²) in [7, 11) is 0. The van der Waals surface area contributed by atoms with Crippen molar-refractivity contribution in [3.63, 3.8) is 0 Å². The zero-order valence-corrected chi connectivity index (χ0v) is 12.7. The molecule has 1 heterocycles. The number of nitrogens with zero attached hydrogens (tertiary/aromatic N) is 1. The predicted molar refractivity (Wildman–Crippen MR) is 78.4 cm³/mol. The summed E-state index contributed by atoms with van der Waals surface area (Å²) in [6, 6.07) is 1.94. The van der Waals surface area contributed by atoms with Crippen LogP contribution in [0.15, 0.2) is 18.2 Å². The molecule has 1 aliphatic heterocycles. The summed E-state index contributed by atoms with van der Waals surface area (Å²) in [5.74, 6) is -2.25. The molecule has 1 saturated heterocycles. The van der Waals surface area contributed by atoms with Crippen LogP contribution in [0.5, 0.6) is 0 Å². The second-order valence-corrected chi connectivity index (χ2v) is 5.63. The van der Waals surface area contributed by atoms with Gasteiger partial charge in [-0.25, -0.2) is 4.39 Å². The zero-order chi connectivity index (χ0) is 17.9. The molecule has 0 radical (unpaired) electrons. The van der Waals surface area contributed by atoms with Gasteiger partial charge in [-0.15, -0.1) is 0 Å². The highest BCUT2D eigenvalue weighted by Crippen LogP contribution is 2.31. The highest BCUT2D eigenvalue weighted by molar-refractivity contribution is 5.83. The molecule has 0 unspecified atom stereocenters. The molecule has 5 nitrogen and oxygen atoms in total. The number of carbonyl (C=O) groups is 2. The number of nitrogens with one attached hydrogen (secondary N) is 1. The number of hydrogen-bond donors (Lipinski definition) is 2. The van der Waals surface area contributed by atoms with Crippen molar-refractivity contribution in [2.75, 3.05) is 25.0 Å². The lowest BCUT2D eigenvalue weighted by molar-refractivity contribution is -0.137. The molecule has 0 spiro atoms. The van der Waals surface area contributed by atoms with Crippen LogP contribution < -0.4 is 11.1 Å². The Balaban J connectivity index is 2.00. The van der Waals surface area contributed by atoms with Crippen molar-refractivity contribution in [1.82, 2.24) is 4.90 Å². The summed E-state index contributed by atoms with van der Waals surface area (Å²) < 4.78 is 51.5. The van der Waals surface area contributed by atoms with Gasteiger partial charge in [-0.05, 0) is 31.0 Å². The average molecular weight is 347 g/mol. The standard InChI is InChI=1S/C15H17F4N3O2/c16-11-4-3-10(15(17,18)19)6-12(11)21-7-13(23)22-5-1-2-9(8-22)14(20)24/h3-4,6,9,21H,1-2,5,7-8H2,(H2,20,24)/t9-/m0/s1. The van der Waals surface area contributed by atoms with E-state index in [0.29, 0.717) is 37.6 Å². The Morgan fingerprint density at radius 1 is 1.33 bits per heavy atom. The van der Waals surface area contributed by atoms with Gasteiger partial charge in [0.1, 0.15) is 5.82 Å². The number of likely N-dealkylation sites (tertiary alicyclic amines) is 1. The van der Waals surface area contributed by atoms with E-state index in [0.717, 1.165) is 0 Å². The van der Waals surface area contributed by atoms with Crippen LogP contribution in [-0.4, -0.2) is 36.3 Å². The van der Waals surface area contributed by atoms with Crippen molar-refractivity contribution in [2.24, 2.45) is 11.7 Å². The van der Waals surface area contributed by atoms with E-state index in [1.165, 1.54) is 4.90 Å². The molecule has 0 aliphatic carbocycles. The van der Waals surface area contributed by atoms with Gasteiger partial charge in [-0.3, -0.25) is 9.59 Å². The van der Waals surface area contributed by atoms with E-state index in [1.54, 1.807) is 0 Å². The van der Waals surface area contributed by atoms with Crippen molar-refractivity contribution in [3.8, 4) is 0 Å². The molecule has 0 saturated carbocycles. The average Bonchev–Trinajstić information content (AvgIpc) is 2.52. The summed E-state index contributed by atoms with van der Waals surface area (Å²) in [6.07, 6.45) is -3.40. The molecule has 132 valence electrons. The van der Waals surface area contributed by atoms with Crippen LogP contribution in [0.25, 0.3) is 0 Å². The Bertz CT molecular complexity index is 634. The number of halogens is 4. The maximum atomic E-state index is 13.6. The number of anilines is 1. The first kappa shape index (κ1) is 18.0. The minimum Gasteiger partial charge on any atom is -0.374 e. The van der Waals surface area contributed by atoms with E-state index in [-0.39, 0.29) is 13.1 Å². The van der Waals surface area contributed by atoms with Crippen molar-refractivity contribution in [1.29, 1.82) is 0 Å². The molecule has 2 rings (SSSR count). The SMILES string of the molecule is NC(=O)[C@H]1CCCN(C(=O)CNc2cc(C(F)(F)F)ccc2F)C1. The molecule has 3 N–H and O–H groups in total. The smallest absolute Gasteiger partial charge is 0.374 e. The normalized spacial score (nSPS) is 18.3. The van der Waals surface area contributed by atoms with Crippen LogP contribution in [-0.2, 0) is 15.8 Å². The third-order valence-electron chi connectivity index (χ3n) is 3.90. The van der Waals surface area contributed by atoms with E-state index in [9.17, 15) is 27.2 Å². The maximum absolute atomic E-state index is 13.6. The van der Waals surface area contributed by atoms with Crippen LogP contribution >= 0.6 is 0 Å². The third-order valence-corrected chi connectivity index (χ3v) is 3.90. The first-order valence-corrected chi connectivity index (χ1v) is 7.36. The van der Waals surface area contributed by atoms with E-state index in [1.807, 2.05) is 0 Å². The van der Waals surface area contributed by atoms with Crippen LogP contribution in [0.3, 0.4) is 0 Å². The first-order chi connectivity index (χ1) is 11.2. The third kappa shape index (κ3) is 4.36. The number of hydrogen-bond acceptors (Lipinski definition) is 3. The topological polar surface area (TPSA) is 75.4 Å². The van der Waals surface area contributed by atoms with Crippen molar-refractivity contribution in [3.05, 3.63) is 29.6 Å². The summed E-state index contributed by atoms with van der Waals surface area (Å²) in [5.41, 5.74) is 3.81. The molecule has 24 heavy (non-hydrogen) atoms. The molecule has 9 heteroatoms. The minimum atomic E-state index is -4.60. The van der Waals surface area contributed by atoms with Crippen LogP contribution in [0.2, 0.25) is 0 Å². The van der Waals surface area contributed by atoms with Gasteiger partial charge in [0.25, 0.3) is 0 Å². The van der Waals surface area contributed by atoms with Gasteiger partial charge < -0.3 is 16.0 Å². The van der Waals surface area contributed by atoms with E-state index < -0.39 is 41.0 Å². The number of amides is 2. The molecular weight excluding hydrogens is 330 g/mol. The predicted octanol–water partition coefficient (Wildman–Crippen LogP) is 1.98. The number of carbonyl (C=O) groups excluding carboxylic acids is 2. The highest BCUT2D eigenvalue weighted by atomic mass is 19.4. The number of benzene rings is 1. The molecule has 1 aromatic carbocycles. The van der Waals surface area contributed by atoms with Crippen molar-refractivity contribution < 1.29 is 27.2 Å². The number of alkyl halides is 3. The number of primary amides is 1. The fourth-order valence-corrected chi connectivity index (χ4v) is 2.56. The lowest BCUT2D eigenvalue weighted by atomic mass is 9.97. The Kier molecular flexibility index (Phi) is 5.30. The van der Waals surface area contributed by atoms with E-state index in [2.05, 4.69) is 5.32 Å². The van der Waals surface area contributed by atoms with Crippen LogP contribution in [0.4, 0.5) is 23.2 Å². The van der Waals surface area contributed by atoms with Crippen LogP contribution in [0.1, 0.15) is 18.4 Å². The Labute approximate surface area is 135 Å². The monoisotopic (exact) mass is 347 g/mol. The first-order valence-electron chi connectivity index (χ1n) is 7.36. The van der Waals surface area contributed by atoms with Gasteiger partial charge in [-0.2, -0.15) is 13.2 Å². The molecule has 1 aliphatic rings.